The fourth-order valence-electron chi connectivity index (χ4n) is 3.77. The average molecular weight is 473 g/mol. The minimum absolute atomic E-state index is 0.0749. The molecule has 2 atom stereocenters. The van der Waals surface area contributed by atoms with E-state index < -0.39 is 39.9 Å². The molecule has 9 heteroatoms. The van der Waals surface area contributed by atoms with Crippen LogP contribution in [0, 0.1) is 6.92 Å². The molecule has 0 spiro atoms. The number of hydrogen-bond acceptors (Lipinski definition) is 6. The molecule has 33 heavy (non-hydrogen) atoms. The highest BCUT2D eigenvalue weighted by atomic mass is 32.2. The van der Waals surface area contributed by atoms with Gasteiger partial charge in [0.15, 0.2) is 0 Å². The van der Waals surface area contributed by atoms with Crippen LogP contribution >= 0.6 is 0 Å². The molecule has 1 fully saturated rings. The normalized spacial score (nSPS) is 17.5. The molecule has 1 saturated heterocycles. The molecular weight excluding hydrogens is 444 g/mol. The van der Waals surface area contributed by atoms with Gasteiger partial charge in [-0.05, 0) is 63.6 Å². The van der Waals surface area contributed by atoms with Crippen LogP contribution in [0.25, 0.3) is 0 Å². The van der Waals surface area contributed by atoms with Crippen LogP contribution in [-0.2, 0) is 24.3 Å². The van der Waals surface area contributed by atoms with Crippen LogP contribution in [0.1, 0.15) is 49.5 Å². The topological polar surface area (TPSA) is 101 Å². The van der Waals surface area contributed by atoms with E-state index in [1.165, 1.54) is 36.4 Å². The summed E-state index contributed by atoms with van der Waals surface area (Å²) in [4.78, 5) is 39.1. The van der Waals surface area contributed by atoms with Gasteiger partial charge in [0, 0.05) is 6.04 Å². The molecule has 0 aliphatic carbocycles. The quantitative estimate of drug-likeness (QED) is 0.432. The summed E-state index contributed by atoms with van der Waals surface area (Å²) in [7, 11) is -4.03. The number of benzene rings is 2. The Hall–Kier alpha value is -3.04. The molecule has 1 aliphatic heterocycles. The van der Waals surface area contributed by atoms with E-state index in [0.29, 0.717) is 12.0 Å². The maximum atomic E-state index is 13.5. The van der Waals surface area contributed by atoms with E-state index >= 15 is 0 Å². The molecule has 0 bridgehead atoms. The molecule has 3 rings (SSSR count). The fourth-order valence-corrected chi connectivity index (χ4v) is 5.62. The van der Waals surface area contributed by atoms with Gasteiger partial charge < -0.3 is 4.74 Å². The Morgan fingerprint density at radius 2 is 1.70 bits per heavy atom. The summed E-state index contributed by atoms with van der Waals surface area (Å²) < 4.78 is 33.1. The number of esters is 1. The highest BCUT2D eigenvalue weighted by Crippen LogP contribution is 2.31. The second-order valence-corrected chi connectivity index (χ2v) is 9.80. The van der Waals surface area contributed by atoms with Gasteiger partial charge in [-0.3, -0.25) is 9.59 Å². The van der Waals surface area contributed by atoms with Gasteiger partial charge in [-0.25, -0.2) is 18.1 Å². The third kappa shape index (κ3) is 4.84. The lowest BCUT2D eigenvalue weighted by Gasteiger charge is -2.31. The third-order valence-electron chi connectivity index (χ3n) is 5.69. The summed E-state index contributed by atoms with van der Waals surface area (Å²) in [5, 5.41) is 0. The van der Waals surface area contributed by atoms with Crippen molar-refractivity contribution in [2.75, 3.05) is 11.5 Å². The molecule has 1 aliphatic rings. The smallest absolute Gasteiger partial charge is 0.338 e. The van der Waals surface area contributed by atoms with Crippen molar-refractivity contribution in [2.24, 2.45) is 0 Å². The van der Waals surface area contributed by atoms with Crippen LogP contribution in [-0.4, -0.2) is 49.2 Å². The molecule has 0 saturated carbocycles. The molecule has 0 N–H and O–H groups in total. The lowest BCUT2D eigenvalue weighted by molar-refractivity contribution is -0.122. The van der Waals surface area contributed by atoms with E-state index in [4.69, 9.17) is 4.74 Å². The first-order valence-corrected chi connectivity index (χ1v) is 12.3. The Morgan fingerprint density at radius 1 is 1.09 bits per heavy atom. The Balaban J connectivity index is 1.94. The monoisotopic (exact) mass is 472 g/mol. The van der Waals surface area contributed by atoms with E-state index in [-0.39, 0.29) is 23.6 Å². The minimum Gasteiger partial charge on any atom is -0.462 e. The summed E-state index contributed by atoms with van der Waals surface area (Å²) in [5.41, 5.74) is 1.48. The minimum atomic E-state index is -4.03. The number of hydrogen-bond donors (Lipinski definition) is 0. The molecule has 176 valence electrons. The van der Waals surface area contributed by atoms with Crippen LogP contribution in [0.5, 0.6) is 0 Å². The predicted molar refractivity (Wildman–Crippen MR) is 123 cm³/mol. The molecule has 2 unspecified atom stereocenters. The molecule has 1 heterocycles. The SMILES string of the molecule is CCOC(=O)c1ccc(N2C(=O)CC(N(C(C)CC)S(=O)(=O)c3ccc(C)cc3)C2=O)cc1. The van der Waals surface area contributed by atoms with Crippen molar-refractivity contribution in [3.8, 4) is 0 Å². The first-order valence-electron chi connectivity index (χ1n) is 10.9. The van der Waals surface area contributed by atoms with Crippen LogP contribution in [0.15, 0.2) is 53.4 Å². The summed E-state index contributed by atoms with van der Waals surface area (Å²) in [5.74, 6) is -1.62. The molecule has 2 aromatic carbocycles. The summed E-state index contributed by atoms with van der Waals surface area (Å²) in [6, 6.07) is 10.7. The van der Waals surface area contributed by atoms with E-state index in [9.17, 15) is 22.8 Å². The second kappa shape index (κ2) is 9.84. The number of rotatable bonds is 8. The Kier molecular flexibility index (Phi) is 7.34. The highest BCUT2D eigenvalue weighted by molar-refractivity contribution is 7.89. The number of anilines is 1. The number of carbonyl (C=O) groups is 3. The Bertz CT molecular complexity index is 1140. The summed E-state index contributed by atoms with van der Waals surface area (Å²) in [6.45, 7) is 7.33. The maximum absolute atomic E-state index is 13.5. The van der Waals surface area contributed by atoms with Gasteiger partial charge >= 0.3 is 5.97 Å². The van der Waals surface area contributed by atoms with E-state index in [1.807, 2.05) is 13.8 Å². The van der Waals surface area contributed by atoms with E-state index in [1.54, 1.807) is 26.0 Å². The predicted octanol–water partition coefficient (Wildman–Crippen LogP) is 3.29. The molecule has 8 nitrogen and oxygen atoms in total. The molecule has 0 radical (unpaired) electrons. The van der Waals surface area contributed by atoms with Crippen LogP contribution in [0.2, 0.25) is 0 Å². The van der Waals surface area contributed by atoms with Crippen molar-refractivity contribution >= 4 is 33.5 Å². The number of aryl methyl sites for hydroxylation is 1. The van der Waals surface area contributed by atoms with Crippen LogP contribution < -0.4 is 4.90 Å². The van der Waals surface area contributed by atoms with Crippen molar-refractivity contribution in [1.82, 2.24) is 4.31 Å². The van der Waals surface area contributed by atoms with Crippen LogP contribution in [0.3, 0.4) is 0 Å². The van der Waals surface area contributed by atoms with Crippen molar-refractivity contribution in [3.63, 3.8) is 0 Å². The van der Waals surface area contributed by atoms with Gasteiger partial charge in [0.05, 0.1) is 29.2 Å². The zero-order valence-corrected chi connectivity index (χ0v) is 20.0. The molecule has 2 amide bonds. The number of imide groups is 1. The van der Waals surface area contributed by atoms with Crippen molar-refractivity contribution in [3.05, 3.63) is 59.7 Å². The number of sulfonamides is 1. The third-order valence-corrected chi connectivity index (χ3v) is 7.73. The fraction of sp³-hybridized carbons (Fsp3) is 0.375. The van der Waals surface area contributed by atoms with Gasteiger partial charge in [0.2, 0.25) is 15.9 Å². The van der Waals surface area contributed by atoms with Gasteiger partial charge in [0.25, 0.3) is 5.91 Å². The number of amides is 2. The average Bonchev–Trinajstić information content (AvgIpc) is 3.07. The van der Waals surface area contributed by atoms with Crippen LogP contribution in [0.4, 0.5) is 5.69 Å². The van der Waals surface area contributed by atoms with Gasteiger partial charge in [-0.15, -0.1) is 0 Å². The first kappa shape index (κ1) is 24.6. The zero-order valence-electron chi connectivity index (χ0n) is 19.1. The molecular formula is C24H28N2O6S. The first-order chi connectivity index (χ1) is 15.6. The second-order valence-electron chi connectivity index (χ2n) is 7.96. The van der Waals surface area contributed by atoms with Crippen molar-refractivity contribution in [2.45, 2.75) is 57.5 Å². The Morgan fingerprint density at radius 3 is 2.24 bits per heavy atom. The zero-order chi connectivity index (χ0) is 24.3. The summed E-state index contributed by atoms with van der Waals surface area (Å²) in [6.07, 6.45) is 0.213. The Labute approximate surface area is 194 Å². The number of nitrogens with zero attached hydrogens (tertiary/aromatic N) is 2. The maximum Gasteiger partial charge on any atom is 0.338 e. The standard InChI is InChI=1S/C24H28N2O6S/c1-5-17(4)26(33(30,31)20-13-7-16(3)8-14-20)21-15-22(27)25(23(21)28)19-11-9-18(10-12-19)24(29)32-6-2/h7-14,17,21H,5-6,15H2,1-4H3. The van der Waals surface area contributed by atoms with Gasteiger partial charge in [0.1, 0.15) is 6.04 Å². The highest BCUT2D eigenvalue weighted by Gasteiger charge is 2.48. The molecule has 0 aromatic heterocycles. The van der Waals surface area contributed by atoms with Gasteiger partial charge in [-0.1, -0.05) is 24.6 Å². The molecule has 2 aromatic rings. The lowest BCUT2D eigenvalue weighted by Crippen LogP contribution is -2.49. The number of carbonyl (C=O) groups excluding carboxylic acids is 3. The van der Waals surface area contributed by atoms with Crippen molar-refractivity contribution < 1.29 is 27.5 Å². The largest absolute Gasteiger partial charge is 0.462 e. The van der Waals surface area contributed by atoms with Gasteiger partial charge in [-0.2, -0.15) is 4.31 Å². The number of ether oxygens (including phenoxy) is 1. The van der Waals surface area contributed by atoms with Crippen molar-refractivity contribution in [1.29, 1.82) is 0 Å². The lowest BCUT2D eigenvalue weighted by atomic mass is 10.2. The summed E-state index contributed by atoms with van der Waals surface area (Å²) >= 11 is 0. The van der Waals surface area contributed by atoms with E-state index in [0.717, 1.165) is 14.8 Å². The van der Waals surface area contributed by atoms with E-state index in [2.05, 4.69) is 0 Å².